The first-order valence-electron chi connectivity index (χ1n) is 18.3. The van der Waals surface area contributed by atoms with Crippen LogP contribution in [0.4, 0.5) is 0 Å². The molecule has 0 aliphatic rings. The molecule has 0 fully saturated rings. The number of amides is 2. The largest absolute Gasteiger partial charge is 0.481 e. The van der Waals surface area contributed by atoms with Gasteiger partial charge in [0.05, 0.1) is 18.9 Å². The van der Waals surface area contributed by atoms with Crippen LogP contribution in [-0.4, -0.2) is 107 Å². The molecule has 0 saturated heterocycles. The molecule has 0 saturated carbocycles. The molecule has 1 atom stereocenters. The highest BCUT2D eigenvalue weighted by atomic mass is 33.1. The number of hydrogen-bond acceptors (Lipinski definition) is 11. The van der Waals surface area contributed by atoms with E-state index in [9.17, 15) is 24.0 Å². The third kappa shape index (κ3) is 53.8. The van der Waals surface area contributed by atoms with Crippen molar-refractivity contribution < 1.29 is 39.3 Å². The van der Waals surface area contributed by atoms with Crippen LogP contribution in [0.5, 0.6) is 0 Å². The SMILES string of the molecule is CSSC.CSSC.CSSC.C[C@@H](CCCCNC(=O)CN(CCC(=O)O)C(=O)CCCCCCCCCCCCCCCCC(=O)O)C(=O)O. The minimum absolute atomic E-state index is 0.00242. The molecule has 10 nitrogen and oxygen atoms in total. The first kappa shape index (κ1) is 58.2. The number of nitrogens with zero attached hydrogens (tertiary/aromatic N) is 1. The summed E-state index contributed by atoms with van der Waals surface area (Å²) in [6.45, 7) is 1.88. The molecule has 310 valence electrons. The summed E-state index contributed by atoms with van der Waals surface area (Å²) in [5, 5.41) is 29.3. The van der Waals surface area contributed by atoms with Gasteiger partial charge in [-0.05, 0) is 63.2 Å². The molecule has 0 bridgehead atoms. The maximum absolute atomic E-state index is 12.6. The van der Waals surface area contributed by atoms with Gasteiger partial charge in [-0.1, -0.05) is 155 Å². The van der Waals surface area contributed by atoms with Gasteiger partial charge in [0.1, 0.15) is 0 Å². The number of nitrogens with one attached hydrogen (secondary N) is 1. The molecule has 0 aliphatic heterocycles. The van der Waals surface area contributed by atoms with Crippen molar-refractivity contribution in [1.29, 1.82) is 0 Å². The Hall–Kier alpha value is -0.550. The van der Waals surface area contributed by atoms with E-state index in [-0.39, 0.29) is 37.7 Å². The molecule has 0 aliphatic carbocycles. The highest BCUT2D eigenvalue weighted by molar-refractivity contribution is 8.76. The first-order chi connectivity index (χ1) is 24.9. The van der Waals surface area contributed by atoms with Crippen molar-refractivity contribution in [3.63, 3.8) is 0 Å². The molecule has 52 heavy (non-hydrogen) atoms. The Kier molecular flexibility index (Phi) is 54.2. The minimum atomic E-state index is -1.02. The lowest BCUT2D eigenvalue weighted by Crippen LogP contribution is -2.41. The summed E-state index contributed by atoms with van der Waals surface area (Å²) < 4.78 is 0. The second-order valence-electron chi connectivity index (χ2n) is 11.9. The molecule has 0 heterocycles. The smallest absolute Gasteiger partial charge is 0.306 e. The average Bonchev–Trinajstić information content (AvgIpc) is 3.12. The van der Waals surface area contributed by atoms with Crippen molar-refractivity contribution in [3.8, 4) is 0 Å². The lowest BCUT2D eigenvalue weighted by molar-refractivity contribution is -0.141. The monoisotopic (exact) mass is 852 g/mol. The molecule has 2 amide bonds. The van der Waals surface area contributed by atoms with Crippen molar-refractivity contribution in [2.75, 3.05) is 57.2 Å². The van der Waals surface area contributed by atoms with Gasteiger partial charge in [0, 0.05) is 25.9 Å². The van der Waals surface area contributed by atoms with Crippen molar-refractivity contribution in [2.24, 2.45) is 5.92 Å². The van der Waals surface area contributed by atoms with Crippen molar-refractivity contribution in [2.45, 2.75) is 135 Å². The fraction of sp³-hybridized carbons (Fsp3) is 0.861. The third-order valence-electron chi connectivity index (χ3n) is 7.62. The van der Waals surface area contributed by atoms with Crippen molar-refractivity contribution in [1.82, 2.24) is 10.2 Å². The van der Waals surface area contributed by atoms with Crippen LogP contribution in [-0.2, 0) is 24.0 Å². The highest BCUT2D eigenvalue weighted by Gasteiger charge is 2.18. The summed E-state index contributed by atoms with van der Waals surface area (Å²) in [5.74, 6) is -3.51. The van der Waals surface area contributed by atoms with Gasteiger partial charge < -0.3 is 25.5 Å². The van der Waals surface area contributed by atoms with Crippen molar-refractivity contribution >= 4 is 94.5 Å². The third-order valence-corrected chi connectivity index (χ3v) is 11.6. The Morgan fingerprint density at radius 3 is 1.23 bits per heavy atom. The van der Waals surface area contributed by atoms with Crippen LogP contribution < -0.4 is 5.32 Å². The topological polar surface area (TPSA) is 161 Å². The quantitative estimate of drug-likeness (QED) is 0.0385. The van der Waals surface area contributed by atoms with Crippen LogP contribution in [0.15, 0.2) is 0 Å². The summed E-state index contributed by atoms with van der Waals surface area (Å²) in [7, 11) is 10.6. The van der Waals surface area contributed by atoms with Crippen LogP contribution in [0.2, 0.25) is 0 Å². The molecule has 0 aromatic rings. The zero-order valence-corrected chi connectivity index (χ0v) is 38.0. The van der Waals surface area contributed by atoms with Crippen LogP contribution in [0.1, 0.15) is 135 Å². The van der Waals surface area contributed by atoms with E-state index in [1.165, 1.54) is 49.8 Å². The second kappa shape index (κ2) is 48.5. The number of carboxylic acid groups (broad SMARTS) is 3. The van der Waals surface area contributed by atoms with Crippen molar-refractivity contribution in [3.05, 3.63) is 0 Å². The van der Waals surface area contributed by atoms with E-state index in [0.717, 1.165) is 44.9 Å². The lowest BCUT2D eigenvalue weighted by atomic mass is 10.0. The van der Waals surface area contributed by atoms with Gasteiger partial charge in [-0.2, -0.15) is 0 Å². The summed E-state index contributed by atoms with van der Waals surface area (Å²) >= 11 is 0. The van der Waals surface area contributed by atoms with Gasteiger partial charge >= 0.3 is 17.9 Å². The van der Waals surface area contributed by atoms with E-state index in [0.29, 0.717) is 32.2 Å². The maximum Gasteiger partial charge on any atom is 0.306 e. The zero-order valence-electron chi connectivity index (χ0n) is 33.1. The highest BCUT2D eigenvalue weighted by Crippen LogP contribution is 2.15. The molecule has 16 heteroatoms. The number of hydrogen-bond donors (Lipinski definition) is 4. The molecular formula is C36H72N2O8S6. The summed E-state index contributed by atoms with van der Waals surface area (Å²) in [6.07, 6.45) is 29.9. The number of unbranched alkanes of at least 4 members (excludes halogenated alkanes) is 14. The molecule has 0 radical (unpaired) electrons. The van der Waals surface area contributed by atoms with E-state index in [2.05, 4.69) is 42.9 Å². The first-order valence-corrected chi connectivity index (χ1v) is 27.2. The maximum atomic E-state index is 12.6. The van der Waals surface area contributed by atoms with E-state index >= 15 is 0 Å². The van der Waals surface area contributed by atoms with Gasteiger partial charge in [-0.25, -0.2) is 0 Å². The fourth-order valence-corrected chi connectivity index (χ4v) is 4.51. The van der Waals surface area contributed by atoms with Crippen LogP contribution in [0.3, 0.4) is 0 Å². The van der Waals surface area contributed by atoms with E-state index in [1.807, 2.05) is 0 Å². The Balaban J connectivity index is -0.000000825. The molecule has 0 rings (SSSR count). The van der Waals surface area contributed by atoms with Gasteiger partial charge in [0.15, 0.2) is 0 Å². The van der Waals surface area contributed by atoms with E-state index < -0.39 is 23.8 Å². The number of aliphatic carboxylic acids is 3. The summed E-state index contributed by atoms with van der Waals surface area (Å²) in [4.78, 5) is 58.5. The Morgan fingerprint density at radius 1 is 0.519 bits per heavy atom. The van der Waals surface area contributed by atoms with Gasteiger partial charge in [-0.15, -0.1) is 0 Å². The van der Waals surface area contributed by atoms with Gasteiger partial charge in [-0.3, -0.25) is 24.0 Å². The second-order valence-corrected chi connectivity index (χ2v) is 19.9. The summed E-state index contributed by atoms with van der Waals surface area (Å²) in [6, 6.07) is 0. The lowest BCUT2D eigenvalue weighted by Gasteiger charge is -2.21. The Bertz CT molecular complexity index is 831. The Morgan fingerprint density at radius 2 is 0.885 bits per heavy atom. The number of carbonyl (C=O) groups is 5. The molecule has 0 aromatic carbocycles. The van der Waals surface area contributed by atoms with Gasteiger partial charge in [0.25, 0.3) is 0 Å². The summed E-state index contributed by atoms with van der Waals surface area (Å²) in [5.41, 5.74) is 0. The number of rotatable bonds is 31. The van der Waals surface area contributed by atoms with E-state index in [4.69, 9.17) is 15.3 Å². The van der Waals surface area contributed by atoms with Crippen LogP contribution in [0.25, 0.3) is 0 Å². The predicted molar refractivity (Wildman–Crippen MR) is 235 cm³/mol. The Labute approximate surface area is 340 Å². The molecule has 0 aromatic heterocycles. The molecule has 0 spiro atoms. The molecule has 4 N–H and O–H groups in total. The fourth-order valence-electron chi connectivity index (χ4n) is 4.51. The van der Waals surface area contributed by atoms with Crippen LogP contribution in [0, 0.1) is 5.92 Å². The number of carboxylic acids is 3. The van der Waals surface area contributed by atoms with E-state index in [1.54, 1.807) is 71.7 Å². The van der Waals surface area contributed by atoms with Crippen LogP contribution >= 0.6 is 64.8 Å². The number of carbonyl (C=O) groups excluding carboxylic acids is 2. The molecule has 0 unspecified atom stereocenters. The minimum Gasteiger partial charge on any atom is -0.481 e. The predicted octanol–water partition coefficient (Wildman–Crippen LogP) is 10.5. The zero-order chi connectivity index (χ0) is 40.3. The molecular weight excluding hydrogens is 781 g/mol. The standard InChI is InChI=1S/C30H54N2O8.3C2H6S2/c1-25(30(39)40)18-16-17-22-31-26(33)24-32(23-21-29(37)38)27(34)19-14-12-10-8-6-4-2-3-5-7-9-11-13-15-20-28(35)36;3*1-3-4-2/h25H,2-24H2,1H3,(H,31,33)(H,35,36)(H,37,38)(H,39,40);3*1-2H3/t25-;;;/m0.../s1. The van der Waals surface area contributed by atoms with Gasteiger partial charge in [0.2, 0.25) is 11.8 Å². The normalized spacial score (nSPS) is 10.7. The average molecular weight is 853 g/mol.